The van der Waals surface area contributed by atoms with Crippen LogP contribution in [0.2, 0.25) is 0 Å². The first-order valence-corrected chi connectivity index (χ1v) is 9.00. The van der Waals surface area contributed by atoms with Crippen molar-refractivity contribution in [2.75, 3.05) is 29.9 Å². The van der Waals surface area contributed by atoms with Gasteiger partial charge >= 0.3 is 6.03 Å². The van der Waals surface area contributed by atoms with E-state index in [0.717, 1.165) is 22.8 Å². The fourth-order valence-corrected chi connectivity index (χ4v) is 3.96. The molecule has 9 heteroatoms. The highest BCUT2D eigenvalue weighted by Crippen LogP contribution is 2.26. The molecule has 1 fully saturated rings. The number of sulfone groups is 1. The van der Waals surface area contributed by atoms with E-state index < -0.39 is 9.84 Å². The summed E-state index contributed by atoms with van der Waals surface area (Å²) in [4.78, 5) is 13.8. The van der Waals surface area contributed by atoms with Crippen LogP contribution >= 0.6 is 11.7 Å². The monoisotopic (exact) mass is 326 g/mol. The fraction of sp³-hybridized carbons (Fsp3) is 0.417. The number of urea groups is 1. The van der Waals surface area contributed by atoms with Gasteiger partial charge in [-0.2, -0.15) is 8.75 Å². The smallest absolute Gasteiger partial charge is 0.321 e. The largest absolute Gasteiger partial charge is 0.322 e. The topological polar surface area (TPSA) is 92.3 Å². The summed E-state index contributed by atoms with van der Waals surface area (Å²) >= 11 is 1.09. The Bertz CT molecular complexity index is 786. The van der Waals surface area contributed by atoms with Crippen LogP contribution in [0.4, 0.5) is 10.5 Å². The summed E-state index contributed by atoms with van der Waals surface area (Å²) < 4.78 is 31.1. The quantitative estimate of drug-likeness (QED) is 0.852. The Morgan fingerprint density at radius 1 is 1.29 bits per heavy atom. The van der Waals surface area contributed by atoms with E-state index in [1.807, 2.05) is 19.1 Å². The maximum absolute atomic E-state index is 12.3. The predicted octanol–water partition coefficient (Wildman–Crippen LogP) is 1.26. The minimum Gasteiger partial charge on any atom is -0.322 e. The van der Waals surface area contributed by atoms with E-state index in [2.05, 4.69) is 14.1 Å². The molecule has 0 spiro atoms. The minimum atomic E-state index is -3.00. The van der Waals surface area contributed by atoms with Gasteiger partial charge in [-0.15, -0.1) is 0 Å². The number of amides is 2. The summed E-state index contributed by atoms with van der Waals surface area (Å²) in [7, 11) is -3.00. The number of carbonyl (C=O) groups excluding carboxylic acids is 1. The molecule has 112 valence electrons. The van der Waals surface area contributed by atoms with Gasteiger partial charge < -0.3 is 10.2 Å². The average molecular weight is 326 g/mol. The van der Waals surface area contributed by atoms with E-state index >= 15 is 0 Å². The van der Waals surface area contributed by atoms with Crippen LogP contribution in [0.15, 0.2) is 12.1 Å². The molecule has 1 aliphatic heterocycles. The first-order valence-electron chi connectivity index (χ1n) is 6.44. The first-order chi connectivity index (χ1) is 9.96. The molecule has 0 radical (unpaired) electrons. The third kappa shape index (κ3) is 2.84. The van der Waals surface area contributed by atoms with Crippen LogP contribution in [0.5, 0.6) is 0 Å². The second-order valence-corrected chi connectivity index (χ2v) is 7.79. The van der Waals surface area contributed by atoms with E-state index in [-0.39, 0.29) is 30.6 Å². The van der Waals surface area contributed by atoms with Gasteiger partial charge in [0.25, 0.3) is 0 Å². The molecular formula is C12H14N4O3S2. The van der Waals surface area contributed by atoms with Gasteiger partial charge in [-0.05, 0) is 18.6 Å². The number of aryl methyl sites for hydroxylation is 1. The van der Waals surface area contributed by atoms with Crippen molar-refractivity contribution in [1.82, 2.24) is 13.6 Å². The van der Waals surface area contributed by atoms with Gasteiger partial charge in [0.2, 0.25) is 0 Å². The zero-order valence-corrected chi connectivity index (χ0v) is 13.0. The average Bonchev–Trinajstić information content (AvgIpc) is 2.90. The second kappa shape index (κ2) is 5.23. The lowest BCUT2D eigenvalue weighted by Gasteiger charge is -2.27. The number of hydrogen-bond donors (Lipinski definition) is 1. The van der Waals surface area contributed by atoms with Gasteiger partial charge in [0.15, 0.2) is 9.84 Å². The van der Waals surface area contributed by atoms with Crippen LogP contribution < -0.4 is 5.32 Å². The predicted molar refractivity (Wildman–Crippen MR) is 81.4 cm³/mol. The Morgan fingerprint density at radius 2 is 2.00 bits per heavy atom. The molecule has 0 unspecified atom stereocenters. The Hall–Kier alpha value is -1.74. The normalized spacial score (nSPS) is 17.9. The zero-order valence-electron chi connectivity index (χ0n) is 11.4. The van der Waals surface area contributed by atoms with Crippen molar-refractivity contribution in [2.24, 2.45) is 0 Å². The lowest BCUT2D eigenvalue weighted by atomic mass is 10.1. The van der Waals surface area contributed by atoms with Gasteiger partial charge in [0.1, 0.15) is 11.0 Å². The maximum atomic E-state index is 12.3. The number of anilines is 1. The molecule has 1 saturated heterocycles. The van der Waals surface area contributed by atoms with E-state index in [1.165, 1.54) is 4.90 Å². The number of hydrogen-bond acceptors (Lipinski definition) is 6. The van der Waals surface area contributed by atoms with Crippen molar-refractivity contribution in [1.29, 1.82) is 0 Å². The van der Waals surface area contributed by atoms with Gasteiger partial charge in [0, 0.05) is 13.1 Å². The summed E-state index contributed by atoms with van der Waals surface area (Å²) in [5.41, 5.74) is 2.94. The van der Waals surface area contributed by atoms with Crippen LogP contribution in [-0.2, 0) is 9.84 Å². The van der Waals surface area contributed by atoms with Gasteiger partial charge in [-0.3, -0.25) is 0 Å². The lowest BCUT2D eigenvalue weighted by molar-refractivity contribution is 0.216. The highest BCUT2D eigenvalue weighted by molar-refractivity contribution is 7.91. The number of carbonyl (C=O) groups is 1. The SMILES string of the molecule is Cc1ccc2nsnc2c1NC(=O)N1CCS(=O)(=O)CC1. The second-order valence-electron chi connectivity index (χ2n) is 4.96. The number of aromatic nitrogens is 2. The summed E-state index contributed by atoms with van der Waals surface area (Å²) in [5, 5.41) is 2.83. The van der Waals surface area contributed by atoms with E-state index in [4.69, 9.17) is 0 Å². The number of rotatable bonds is 1. The first kappa shape index (κ1) is 14.2. The van der Waals surface area contributed by atoms with Crippen LogP contribution in [-0.4, -0.2) is 52.7 Å². The molecule has 1 aromatic heterocycles. The van der Waals surface area contributed by atoms with Crippen LogP contribution in [0.25, 0.3) is 11.0 Å². The van der Waals surface area contributed by atoms with Crippen LogP contribution in [0.1, 0.15) is 5.56 Å². The van der Waals surface area contributed by atoms with Gasteiger partial charge in [0.05, 0.1) is 28.9 Å². The molecule has 2 amide bonds. The summed E-state index contributed by atoms with van der Waals surface area (Å²) in [5.74, 6) is 0.0315. The van der Waals surface area contributed by atoms with Crippen molar-refractivity contribution in [3.63, 3.8) is 0 Å². The number of nitrogens with zero attached hydrogens (tertiary/aromatic N) is 3. The van der Waals surface area contributed by atoms with Crippen LogP contribution in [0.3, 0.4) is 0 Å². The van der Waals surface area contributed by atoms with E-state index in [9.17, 15) is 13.2 Å². The van der Waals surface area contributed by atoms with Gasteiger partial charge in [-0.1, -0.05) is 6.07 Å². The lowest BCUT2D eigenvalue weighted by Crippen LogP contribution is -2.45. The molecule has 1 aliphatic rings. The third-order valence-electron chi connectivity index (χ3n) is 3.50. The van der Waals surface area contributed by atoms with Crippen molar-refractivity contribution in [3.8, 4) is 0 Å². The zero-order chi connectivity index (χ0) is 15.0. The maximum Gasteiger partial charge on any atom is 0.321 e. The molecular weight excluding hydrogens is 312 g/mol. The number of nitrogens with one attached hydrogen (secondary N) is 1. The Labute approximate surface area is 126 Å². The summed E-state index contributed by atoms with van der Waals surface area (Å²) in [6.45, 7) is 2.33. The molecule has 3 rings (SSSR count). The van der Waals surface area contributed by atoms with E-state index in [1.54, 1.807) is 0 Å². The molecule has 2 heterocycles. The third-order valence-corrected chi connectivity index (χ3v) is 5.65. The highest BCUT2D eigenvalue weighted by Gasteiger charge is 2.25. The van der Waals surface area contributed by atoms with Gasteiger partial charge in [-0.25, -0.2) is 13.2 Å². The van der Waals surface area contributed by atoms with Crippen LogP contribution in [0, 0.1) is 6.92 Å². The molecule has 0 atom stereocenters. The van der Waals surface area contributed by atoms with Crippen molar-refractivity contribution < 1.29 is 13.2 Å². The number of fused-ring (bicyclic) bond motifs is 1. The molecule has 21 heavy (non-hydrogen) atoms. The molecule has 2 aromatic rings. The fourth-order valence-electron chi connectivity index (χ4n) is 2.21. The van der Waals surface area contributed by atoms with Crippen molar-refractivity contribution in [2.45, 2.75) is 6.92 Å². The minimum absolute atomic E-state index is 0.0157. The standard InChI is InChI=1S/C12H14N4O3S2/c1-8-2-3-9-11(15-20-14-9)10(8)13-12(17)16-4-6-21(18,19)7-5-16/h2-3H,4-7H2,1H3,(H,13,17). The van der Waals surface area contributed by atoms with E-state index in [0.29, 0.717) is 11.2 Å². The highest BCUT2D eigenvalue weighted by atomic mass is 32.2. The molecule has 0 bridgehead atoms. The summed E-state index contributed by atoms with van der Waals surface area (Å²) in [6.07, 6.45) is 0. The Kier molecular flexibility index (Phi) is 3.54. The molecule has 7 nitrogen and oxygen atoms in total. The molecule has 0 aliphatic carbocycles. The Morgan fingerprint density at radius 3 is 2.71 bits per heavy atom. The Balaban J connectivity index is 1.81. The summed E-state index contributed by atoms with van der Waals surface area (Å²) in [6, 6.07) is 3.44. The molecule has 0 saturated carbocycles. The molecule has 1 N–H and O–H groups in total. The van der Waals surface area contributed by atoms with Crippen molar-refractivity contribution in [3.05, 3.63) is 17.7 Å². The molecule has 1 aromatic carbocycles. The van der Waals surface area contributed by atoms with Crippen molar-refractivity contribution >= 4 is 44.3 Å². The number of benzene rings is 1.